The minimum atomic E-state index is -0.903. The summed E-state index contributed by atoms with van der Waals surface area (Å²) in [5.41, 5.74) is 1.54. The largest absolute Gasteiger partial charge is 0.497 e. The number of benzene rings is 2. The molecule has 2 atom stereocenters. The number of hydrogen-bond donors (Lipinski definition) is 2. The summed E-state index contributed by atoms with van der Waals surface area (Å²) in [7, 11) is 1.57. The lowest BCUT2D eigenvalue weighted by Crippen LogP contribution is -2.50. The fraction of sp³-hybridized carbons (Fsp3) is 0.444. The Balaban J connectivity index is 2.37. The summed E-state index contributed by atoms with van der Waals surface area (Å²) >= 11 is 0. The Morgan fingerprint density at radius 3 is 2.26 bits per heavy atom. The van der Waals surface area contributed by atoms with Gasteiger partial charge in [-0.15, -0.1) is 0 Å². The van der Waals surface area contributed by atoms with Gasteiger partial charge in [0.1, 0.15) is 23.9 Å². The van der Waals surface area contributed by atoms with Gasteiger partial charge in [0.2, 0.25) is 5.91 Å². The van der Waals surface area contributed by atoms with E-state index in [0.717, 1.165) is 5.56 Å². The predicted molar refractivity (Wildman–Crippen MR) is 136 cm³/mol. The number of carbonyl (C=O) groups excluding carboxylic acids is 3. The molecule has 2 N–H and O–H groups in total. The maximum absolute atomic E-state index is 13.6. The highest BCUT2D eigenvalue weighted by atomic mass is 16.6. The molecule has 0 aliphatic heterocycles. The smallest absolute Gasteiger partial charge is 0.408 e. The Morgan fingerprint density at radius 1 is 1.06 bits per heavy atom. The highest BCUT2D eigenvalue weighted by Gasteiger charge is 2.34. The van der Waals surface area contributed by atoms with E-state index in [1.807, 2.05) is 45.0 Å². The number of rotatable bonds is 9. The fourth-order valence-electron chi connectivity index (χ4n) is 3.56. The van der Waals surface area contributed by atoms with Crippen molar-refractivity contribution in [1.82, 2.24) is 10.2 Å². The maximum Gasteiger partial charge on any atom is 0.408 e. The Bertz CT molecular complexity index is 1010. The van der Waals surface area contributed by atoms with Crippen molar-refractivity contribution in [3.8, 4) is 5.75 Å². The molecule has 8 heteroatoms. The average molecular weight is 484 g/mol. The predicted octanol–water partition coefficient (Wildman–Crippen LogP) is 4.84. The molecule has 0 aliphatic rings. The molecule has 8 nitrogen and oxygen atoms in total. The second-order valence-corrected chi connectivity index (χ2v) is 9.45. The number of aryl methyl sites for hydroxylation is 1. The summed E-state index contributed by atoms with van der Waals surface area (Å²) in [6, 6.07) is 13.3. The first-order valence-electron chi connectivity index (χ1n) is 11.7. The van der Waals surface area contributed by atoms with Crippen LogP contribution >= 0.6 is 0 Å². The fourth-order valence-corrected chi connectivity index (χ4v) is 3.56. The summed E-state index contributed by atoms with van der Waals surface area (Å²) < 4.78 is 10.4. The van der Waals surface area contributed by atoms with E-state index < -0.39 is 17.7 Å². The van der Waals surface area contributed by atoms with Gasteiger partial charge in [-0.3, -0.25) is 9.59 Å². The first-order valence-corrected chi connectivity index (χ1v) is 11.7. The van der Waals surface area contributed by atoms with Crippen molar-refractivity contribution in [2.45, 2.75) is 65.6 Å². The van der Waals surface area contributed by atoms with Crippen molar-refractivity contribution in [1.29, 1.82) is 0 Å². The monoisotopic (exact) mass is 483 g/mol. The highest BCUT2D eigenvalue weighted by molar-refractivity contribution is 5.98. The molecular weight excluding hydrogens is 446 g/mol. The second-order valence-electron chi connectivity index (χ2n) is 9.45. The van der Waals surface area contributed by atoms with Gasteiger partial charge in [0.15, 0.2) is 0 Å². The molecule has 3 amide bonds. The lowest BCUT2D eigenvalue weighted by molar-refractivity contribution is -0.140. The van der Waals surface area contributed by atoms with Crippen LogP contribution in [0.4, 0.5) is 10.5 Å². The second kappa shape index (κ2) is 12.2. The van der Waals surface area contributed by atoms with E-state index in [-0.39, 0.29) is 24.4 Å². The molecule has 190 valence electrons. The summed E-state index contributed by atoms with van der Waals surface area (Å²) in [5.74, 6) is -0.0730. The first-order chi connectivity index (χ1) is 16.4. The van der Waals surface area contributed by atoms with Gasteiger partial charge >= 0.3 is 6.09 Å². The van der Waals surface area contributed by atoms with Crippen LogP contribution in [0.2, 0.25) is 0 Å². The number of ether oxygens (including phenoxy) is 2. The molecule has 0 spiro atoms. The molecule has 0 radical (unpaired) electrons. The minimum absolute atomic E-state index is 0.268. The molecule has 35 heavy (non-hydrogen) atoms. The Labute approximate surface area is 208 Å². The van der Waals surface area contributed by atoms with Gasteiger partial charge in [0, 0.05) is 11.7 Å². The molecular formula is C27H37N3O5. The Morgan fingerprint density at radius 2 is 1.71 bits per heavy atom. The molecule has 2 rings (SSSR count). The summed E-state index contributed by atoms with van der Waals surface area (Å²) in [6.45, 7) is 10.7. The van der Waals surface area contributed by atoms with E-state index in [4.69, 9.17) is 9.47 Å². The van der Waals surface area contributed by atoms with Gasteiger partial charge in [-0.05, 0) is 70.9 Å². The van der Waals surface area contributed by atoms with Crippen molar-refractivity contribution < 1.29 is 23.9 Å². The minimum Gasteiger partial charge on any atom is -0.497 e. The van der Waals surface area contributed by atoms with Crippen LogP contribution in [0.15, 0.2) is 48.5 Å². The number of amides is 3. The van der Waals surface area contributed by atoms with Crippen molar-refractivity contribution in [3.05, 3.63) is 59.7 Å². The van der Waals surface area contributed by atoms with Gasteiger partial charge < -0.3 is 25.0 Å². The Hall–Kier alpha value is -3.55. The third kappa shape index (κ3) is 8.31. The molecule has 0 heterocycles. The SMILES string of the molecule is CCC(C)N(C(=O)CNC(=O)OC(C)(C)C)C(C(=O)Nc1ccc(OC)cc1)c1cccc(C)c1. The lowest BCUT2D eigenvalue weighted by Gasteiger charge is -2.36. The van der Waals surface area contributed by atoms with Gasteiger partial charge in [-0.1, -0.05) is 36.8 Å². The lowest BCUT2D eigenvalue weighted by atomic mass is 9.99. The van der Waals surface area contributed by atoms with Gasteiger partial charge in [-0.25, -0.2) is 4.79 Å². The van der Waals surface area contributed by atoms with Crippen LogP contribution in [0.5, 0.6) is 5.75 Å². The van der Waals surface area contributed by atoms with Crippen molar-refractivity contribution in [2.24, 2.45) is 0 Å². The van der Waals surface area contributed by atoms with Crippen LogP contribution in [0.1, 0.15) is 58.2 Å². The summed E-state index contributed by atoms with van der Waals surface area (Å²) in [5, 5.41) is 5.44. The molecule has 0 fully saturated rings. The van der Waals surface area contributed by atoms with E-state index in [9.17, 15) is 14.4 Å². The zero-order chi connectivity index (χ0) is 26.2. The molecule has 0 bridgehead atoms. The number of anilines is 1. The maximum atomic E-state index is 13.6. The van der Waals surface area contributed by atoms with Gasteiger partial charge in [0.05, 0.1) is 7.11 Å². The summed E-state index contributed by atoms with van der Waals surface area (Å²) in [4.78, 5) is 40.7. The number of alkyl carbamates (subject to hydrolysis) is 1. The molecule has 0 aromatic heterocycles. The van der Waals surface area contributed by atoms with E-state index in [1.54, 1.807) is 52.1 Å². The molecule has 2 aromatic carbocycles. The number of methoxy groups -OCH3 is 1. The number of carbonyl (C=O) groups is 3. The van der Waals surface area contributed by atoms with Crippen LogP contribution in [0, 0.1) is 6.92 Å². The topological polar surface area (TPSA) is 97.0 Å². The van der Waals surface area contributed by atoms with Crippen LogP contribution < -0.4 is 15.4 Å². The zero-order valence-corrected chi connectivity index (χ0v) is 21.7. The van der Waals surface area contributed by atoms with Crippen molar-refractivity contribution in [3.63, 3.8) is 0 Å². The van der Waals surface area contributed by atoms with Crippen LogP contribution in [-0.4, -0.2) is 48.1 Å². The van der Waals surface area contributed by atoms with Crippen LogP contribution in [-0.2, 0) is 14.3 Å². The first kappa shape index (κ1) is 27.7. The number of hydrogen-bond acceptors (Lipinski definition) is 5. The van der Waals surface area contributed by atoms with Gasteiger partial charge in [0.25, 0.3) is 5.91 Å². The summed E-state index contributed by atoms with van der Waals surface area (Å²) in [6.07, 6.45) is -0.0687. The van der Waals surface area contributed by atoms with E-state index in [0.29, 0.717) is 23.4 Å². The zero-order valence-electron chi connectivity index (χ0n) is 21.7. The number of nitrogens with one attached hydrogen (secondary N) is 2. The average Bonchev–Trinajstić information content (AvgIpc) is 2.79. The molecule has 0 aliphatic carbocycles. The molecule has 2 aromatic rings. The molecule has 0 saturated carbocycles. The standard InChI is InChI=1S/C27H37N3O5/c1-8-19(3)30(23(31)17-28-26(33)35-27(4,5)6)24(20-11-9-10-18(2)16-20)25(32)29-21-12-14-22(34-7)15-13-21/h9-16,19,24H,8,17H2,1-7H3,(H,28,33)(H,29,32). The van der Waals surface area contributed by atoms with E-state index >= 15 is 0 Å². The number of nitrogens with zero attached hydrogens (tertiary/aromatic N) is 1. The highest BCUT2D eigenvalue weighted by Crippen LogP contribution is 2.27. The normalized spacial score (nSPS) is 12.8. The third-order valence-electron chi connectivity index (χ3n) is 5.38. The van der Waals surface area contributed by atoms with Gasteiger partial charge in [-0.2, -0.15) is 0 Å². The van der Waals surface area contributed by atoms with Crippen molar-refractivity contribution >= 4 is 23.6 Å². The molecule has 2 unspecified atom stereocenters. The third-order valence-corrected chi connectivity index (χ3v) is 5.38. The van der Waals surface area contributed by atoms with E-state index in [1.165, 1.54) is 4.90 Å². The van der Waals surface area contributed by atoms with Crippen LogP contribution in [0.3, 0.4) is 0 Å². The van der Waals surface area contributed by atoms with E-state index in [2.05, 4.69) is 10.6 Å². The van der Waals surface area contributed by atoms with Crippen LogP contribution in [0.25, 0.3) is 0 Å². The quantitative estimate of drug-likeness (QED) is 0.532. The van der Waals surface area contributed by atoms with Crippen molar-refractivity contribution in [2.75, 3.05) is 19.0 Å². The Kier molecular flexibility index (Phi) is 9.68. The molecule has 0 saturated heterocycles.